The Hall–Kier alpha value is -1.98. The fourth-order valence-electron chi connectivity index (χ4n) is 3.61. The van der Waals surface area contributed by atoms with Crippen molar-refractivity contribution in [2.24, 2.45) is 0 Å². The van der Waals surface area contributed by atoms with Crippen LogP contribution in [-0.2, 0) is 14.8 Å². The van der Waals surface area contributed by atoms with Gasteiger partial charge in [-0.3, -0.25) is 4.79 Å². The number of hydrogen-bond acceptors (Lipinski definition) is 6. The van der Waals surface area contributed by atoms with Crippen molar-refractivity contribution in [1.29, 1.82) is 0 Å². The van der Waals surface area contributed by atoms with Crippen molar-refractivity contribution in [3.63, 3.8) is 0 Å². The summed E-state index contributed by atoms with van der Waals surface area (Å²) in [6, 6.07) is 5.23. The SMILES string of the molecule is CC(C)c1nnc(SCC(=O)N2CCN(S(=O)(=O)c3ccc(F)cc3)CC2)n1C1CC1. The number of sulfonamides is 1. The number of aromatic nitrogens is 3. The first-order chi connectivity index (χ1) is 14.8. The lowest BCUT2D eigenvalue weighted by Crippen LogP contribution is -2.50. The highest BCUT2D eigenvalue weighted by molar-refractivity contribution is 7.99. The molecule has 1 amide bonds. The zero-order chi connectivity index (χ0) is 22.2. The van der Waals surface area contributed by atoms with Crippen LogP contribution in [0.5, 0.6) is 0 Å². The van der Waals surface area contributed by atoms with Crippen LogP contribution in [0.1, 0.15) is 44.5 Å². The van der Waals surface area contributed by atoms with Crippen LogP contribution in [0.3, 0.4) is 0 Å². The highest BCUT2D eigenvalue weighted by Crippen LogP contribution is 2.40. The van der Waals surface area contributed by atoms with Gasteiger partial charge in [0.25, 0.3) is 0 Å². The van der Waals surface area contributed by atoms with E-state index in [1.165, 1.54) is 28.2 Å². The minimum absolute atomic E-state index is 0.0414. The molecule has 0 radical (unpaired) electrons. The fourth-order valence-corrected chi connectivity index (χ4v) is 5.95. The number of rotatable bonds is 7. The molecule has 8 nitrogen and oxygen atoms in total. The van der Waals surface area contributed by atoms with Gasteiger partial charge in [-0.15, -0.1) is 10.2 Å². The maximum absolute atomic E-state index is 13.1. The molecule has 31 heavy (non-hydrogen) atoms. The Kier molecular flexibility index (Phi) is 6.36. The maximum atomic E-state index is 13.1. The lowest BCUT2D eigenvalue weighted by molar-refractivity contribution is -0.129. The van der Waals surface area contributed by atoms with Gasteiger partial charge in [0.15, 0.2) is 5.16 Å². The number of carbonyl (C=O) groups is 1. The molecule has 0 bridgehead atoms. The van der Waals surface area contributed by atoms with E-state index < -0.39 is 15.8 Å². The van der Waals surface area contributed by atoms with Crippen molar-refractivity contribution in [3.05, 3.63) is 35.9 Å². The molecular weight excluding hydrogens is 441 g/mol. The molecule has 2 aliphatic rings. The van der Waals surface area contributed by atoms with Gasteiger partial charge < -0.3 is 9.47 Å². The summed E-state index contributed by atoms with van der Waals surface area (Å²) in [6.07, 6.45) is 2.23. The maximum Gasteiger partial charge on any atom is 0.243 e. The quantitative estimate of drug-likeness (QED) is 0.582. The van der Waals surface area contributed by atoms with Crippen LogP contribution in [0.2, 0.25) is 0 Å². The Labute approximate surface area is 185 Å². The van der Waals surface area contributed by atoms with Crippen molar-refractivity contribution in [1.82, 2.24) is 24.0 Å². The molecule has 11 heteroatoms. The molecule has 1 saturated heterocycles. The van der Waals surface area contributed by atoms with E-state index in [-0.39, 0.29) is 35.6 Å². The summed E-state index contributed by atoms with van der Waals surface area (Å²) in [5.74, 6) is 0.949. The molecule has 0 unspecified atom stereocenters. The van der Waals surface area contributed by atoms with Gasteiger partial charge in [-0.1, -0.05) is 25.6 Å². The summed E-state index contributed by atoms with van der Waals surface area (Å²) in [6.45, 7) is 5.25. The Morgan fingerprint density at radius 1 is 1.13 bits per heavy atom. The molecule has 0 atom stereocenters. The number of benzene rings is 1. The van der Waals surface area contributed by atoms with E-state index in [0.717, 1.165) is 36.0 Å². The molecule has 1 aromatic carbocycles. The lowest BCUT2D eigenvalue weighted by Gasteiger charge is -2.34. The highest BCUT2D eigenvalue weighted by atomic mass is 32.2. The van der Waals surface area contributed by atoms with Crippen LogP contribution >= 0.6 is 11.8 Å². The lowest BCUT2D eigenvalue weighted by atomic mass is 10.2. The number of thioether (sulfide) groups is 1. The fraction of sp³-hybridized carbons (Fsp3) is 0.550. The third-order valence-electron chi connectivity index (χ3n) is 5.49. The first-order valence-corrected chi connectivity index (χ1v) is 12.8. The number of piperazine rings is 1. The van der Waals surface area contributed by atoms with Gasteiger partial charge in [-0.25, -0.2) is 12.8 Å². The van der Waals surface area contributed by atoms with Crippen LogP contribution in [-0.4, -0.2) is 70.2 Å². The summed E-state index contributed by atoms with van der Waals surface area (Å²) in [5, 5.41) is 9.37. The summed E-state index contributed by atoms with van der Waals surface area (Å²) in [5.41, 5.74) is 0. The molecular formula is C20H26FN5O3S2. The monoisotopic (exact) mass is 467 g/mol. The average Bonchev–Trinajstić information content (AvgIpc) is 3.50. The van der Waals surface area contributed by atoms with Crippen molar-refractivity contribution >= 4 is 27.7 Å². The van der Waals surface area contributed by atoms with E-state index in [9.17, 15) is 17.6 Å². The van der Waals surface area contributed by atoms with E-state index in [1.807, 2.05) is 0 Å². The first kappa shape index (κ1) is 22.2. The van der Waals surface area contributed by atoms with Gasteiger partial charge >= 0.3 is 0 Å². The van der Waals surface area contributed by atoms with Crippen molar-refractivity contribution in [2.45, 2.75) is 48.7 Å². The minimum atomic E-state index is -3.69. The van der Waals surface area contributed by atoms with Crippen LogP contribution in [0.25, 0.3) is 0 Å². The van der Waals surface area contributed by atoms with Crippen LogP contribution < -0.4 is 0 Å². The Morgan fingerprint density at radius 2 is 1.77 bits per heavy atom. The summed E-state index contributed by atoms with van der Waals surface area (Å²) < 4.78 is 42.1. The smallest absolute Gasteiger partial charge is 0.243 e. The van der Waals surface area contributed by atoms with Crippen LogP contribution in [0.4, 0.5) is 4.39 Å². The molecule has 2 aromatic rings. The second kappa shape index (κ2) is 8.87. The van der Waals surface area contributed by atoms with Gasteiger partial charge in [0.05, 0.1) is 10.6 Å². The van der Waals surface area contributed by atoms with Gasteiger partial charge in [0.1, 0.15) is 11.6 Å². The number of amides is 1. The van der Waals surface area contributed by atoms with E-state index >= 15 is 0 Å². The third kappa shape index (κ3) is 4.78. The summed E-state index contributed by atoms with van der Waals surface area (Å²) in [4.78, 5) is 14.5. The molecule has 2 heterocycles. The van der Waals surface area contributed by atoms with Gasteiger partial charge in [-0.2, -0.15) is 4.31 Å². The first-order valence-electron chi connectivity index (χ1n) is 10.4. The van der Waals surface area contributed by atoms with Gasteiger partial charge in [0.2, 0.25) is 15.9 Å². The molecule has 0 spiro atoms. The van der Waals surface area contributed by atoms with Crippen molar-refractivity contribution in [3.8, 4) is 0 Å². The van der Waals surface area contributed by atoms with E-state index in [4.69, 9.17) is 0 Å². The molecule has 4 rings (SSSR count). The number of nitrogens with zero attached hydrogens (tertiary/aromatic N) is 5. The normalized spacial score (nSPS) is 18.0. The molecule has 2 fully saturated rings. The highest BCUT2D eigenvalue weighted by Gasteiger charge is 2.32. The standard InChI is InChI=1S/C20H26FN5O3S2/c1-14(2)19-22-23-20(26(19)16-5-6-16)30-13-18(27)24-9-11-25(12-10-24)31(28,29)17-7-3-15(21)4-8-17/h3-4,7-8,14,16H,5-6,9-13H2,1-2H3. The summed E-state index contributed by atoms with van der Waals surface area (Å²) >= 11 is 1.39. The molecule has 1 aliphatic carbocycles. The molecule has 1 aromatic heterocycles. The van der Waals surface area contributed by atoms with Gasteiger partial charge in [-0.05, 0) is 37.1 Å². The topological polar surface area (TPSA) is 88.4 Å². The zero-order valence-corrected chi connectivity index (χ0v) is 19.2. The average molecular weight is 468 g/mol. The van der Waals surface area contributed by atoms with Gasteiger partial charge in [0, 0.05) is 38.1 Å². The predicted octanol–water partition coefficient (Wildman–Crippen LogP) is 2.50. The second-order valence-electron chi connectivity index (χ2n) is 8.12. The minimum Gasteiger partial charge on any atom is -0.339 e. The Morgan fingerprint density at radius 3 is 2.35 bits per heavy atom. The van der Waals surface area contributed by atoms with Crippen LogP contribution in [0, 0.1) is 5.82 Å². The predicted molar refractivity (Wildman–Crippen MR) is 115 cm³/mol. The third-order valence-corrected chi connectivity index (χ3v) is 8.33. The molecule has 168 valence electrons. The number of halogens is 1. The molecule has 1 saturated carbocycles. The zero-order valence-electron chi connectivity index (χ0n) is 17.6. The molecule has 0 N–H and O–H groups in total. The van der Waals surface area contributed by atoms with Crippen molar-refractivity contribution in [2.75, 3.05) is 31.9 Å². The Balaban J connectivity index is 1.33. The second-order valence-corrected chi connectivity index (χ2v) is 11.0. The van der Waals surface area contributed by atoms with E-state index in [1.54, 1.807) is 4.90 Å². The van der Waals surface area contributed by atoms with E-state index in [2.05, 4.69) is 28.6 Å². The van der Waals surface area contributed by atoms with Crippen molar-refractivity contribution < 1.29 is 17.6 Å². The molecule has 1 aliphatic heterocycles. The number of hydrogen-bond donors (Lipinski definition) is 0. The largest absolute Gasteiger partial charge is 0.339 e. The van der Waals surface area contributed by atoms with E-state index in [0.29, 0.717) is 19.1 Å². The summed E-state index contributed by atoms with van der Waals surface area (Å²) in [7, 11) is -3.69. The number of carbonyl (C=O) groups excluding carboxylic acids is 1. The Bertz CT molecular complexity index is 1040. The van der Waals surface area contributed by atoms with Crippen LogP contribution in [0.15, 0.2) is 34.3 Å².